The molecule has 0 radical (unpaired) electrons. The first-order chi connectivity index (χ1) is 13.8. The number of fused-ring (bicyclic) bond motifs is 1. The summed E-state index contributed by atoms with van der Waals surface area (Å²) >= 11 is 0. The number of halogens is 1. The first-order valence-corrected chi connectivity index (χ1v) is 11.8. The van der Waals surface area contributed by atoms with Gasteiger partial charge in [0.05, 0.1) is 11.6 Å². The van der Waals surface area contributed by atoms with Gasteiger partial charge in [0.1, 0.15) is 0 Å². The van der Waals surface area contributed by atoms with Gasteiger partial charge in [0, 0.05) is 30.7 Å². The zero-order chi connectivity index (χ0) is 20.6. The molecule has 1 N–H and O–H groups in total. The van der Waals surface area contributed by atoms with Crippen molar-refractivity contribution in [3.8, 4) is 0 Å². The fraction of sp³-hybridized carbons (Fsp3) is 0.478. The average molecular weight is 417 g/mol. The lowest BCUT2D eigenvalue weighted by Crippen LogP contribution is -2.27. The van der Waals surface area contributed by atoms with Crippen LogP contribution in [0, 0.1) is 5.92 Å². The highest BCUT2D eigenvalue weighted by molar-refractivity contribution is 7.92. The number of rotatable bonds is 8. The van der Waals surface area contributed by atoms with Gasteiger partial charge in [-0.05, 0) is 60.1 Å². The Morgan fingerprint density at radius 2 is 1.83 bits per heavy atom. The second kappa shape index (κ2) is 7.73. The molecule has 4 rings (SSSR count). The molecule has 29 heavy (non-hydrogen) atoms. The molecule has 0 amide bonds. The van der Waals surface area contributed by atoms with Gasteiger partial charge in [-0.25, -0.2) is 8.42 Å². The maximum Gasteiger partial charge on any atom is 0.261 e. The highest BCUT2D eigenvalue weighted by atomic mass is 32.2. The van der Waals surface area contributed by atoms with Crippen LogP contribution in [0.5, 0.6) is 0 Å². The van der Waals surface area contributed by atoms with Gasteiger partial charge in [-0.15, -0.1) is 0 Å². The fourth-order valence-corrected chi connectivity index (χ4v) is 5.66. The van der Waals surface area contributed by atoms with E-state index >= 15 is 0 Å². The molecule has 1 saturated carbocycles. The minimum absolute atomic E-state index is 0.181. The van der Waals surface area contributed by atoms with Crippen molar-refractivity contribution in [2.24, 2.45) is 5.92 Å². The Morgan fingerprint density at radius 1 is 1.14 bits per heavy atom. The quantitative estimate of drug-likeness (QED) is 0.687. The number of sulfonamides is 1. The molecule has 2 aromatic carbocycles. The molecule has 2 fully saturated rings. The number of anilines is 1. The van der Waals surface area contributed by atoms with Crippen LogP contribution in [0.3, 0.4) is 0 Å². The van der Waals surface area contributed by atoms with E-state index in [9.17, 15) is 12.8 Å². The number of nitrogens with zero attached hydrogens (tertiary/aromatic N) is 1. The Bertz CT molecular complexity index is 957. The van der Waals surface area contributed by atoms with E-state index < -0.39 is 10.0 Å². The number of piperidine rings is 1. The van der Waals surface area contributed by atoms with Crippen LogP contribution in [-0.4, -0.2) is 39.6 Å². The number of benzene rings is 2. The summed E-state index contributed by atoms with van der Waals surface area (Å²) in [6, 6.07) is 14.8. The van der Waals surface area contributed by atoms with E-state index in [0.717, 1.165) is 25.2 Å². The van der Waals surface area contributed by atoms with Crippen LogP contribution in [0.15, 0.2) is 53.4 Å². The summed E-state index contributed by atoms with van der Waals surface area (Å²) in [4.78, 5) is 2.62. The molecule has 156 valence electrons. The topological polar surface area (TPSA) is 49.4 Å². The minimum Gasteiger partial charge on any atom is -0.302 e. The van der Waals surface area contributed by atoms with Crippen LogP contribution >= 0.6 is 0 Å². The van der Waals surface area contributed by atoms with Gasteiger partial charge in [-0.3, -0.25) is 9.11 Å². The van der Waals surface area contributed by atoms with Crippen LogP contribution in [0.4, 0.5) is 10.1 Å². The number of hydrogen-bond acceptors (Lipinski definition) is 3. The van der Waals surface area contributed by atoms with Gasteiger partial charge in [-0.1, -0.05) is 38.1 Å². The maximum atomic E-state index is 12.7. The molecule has 2 aromatic rings. The van der Waals surface area contributed by atoms with Crippen molar-refractivity contribution in [2.45, 2.75) is 42.9 Å². The molecule has 0 bridgehead atoms. The molecule has 1 saturated heterocycles. The Morgan fingerprint density at radius 3 is 2.45 bits per heavy atom. The third-order valence-electron chi connectivity index (χ3n) is 6.39. The lowest BCUT2D eigenvalue weighted by atomic mass is 9.95. The Kier molecular flexibility index (Phi) is 5.42. The van der Waals surface area contributed by atoms with Crippen molar-refractivity contribution in [1.29, 1.82) is 0 Å². The van der Waals surface area contributed by atoms with E-state index in [2.05, 4.69) is 23.5 Å². The third-order valence-corrected chi connectivity index (χ3v) is 7.79. The molecule has 0 aromatic heterocycles. The van der Waals surface area contributed by atoms with Crippen molar-refractivity contribution in [3.05, 3.63) is 59.7 Å². The molecule has 4 nitrogen and oxygen atoms in total. The van der Waals surface area contributed by atoms with E-state index in [1.807, 2.05) is 36.4 Å². The largest absolute Gasteiger partial charge is 0.302 e. The van der Waals surface area contributed by atoms with Crippen molar-refractivity contribution in [1.82, 2.24) is 4.90 Å². The minimum atomic E-state index is -3.61. The molecular formula is C23H29FN2O2S. The molecule has 2 unspecified atom stereocenters. The molecular weight excluding hydrogens is 387 g/mol. The van der Waals surface area contributed by atoms with Crippen molar-refractivity contribution in [3.63, 3.8) is 0 Å². The zero-order valence-electron chi connectivity index (χ0n) is 17.1. The van der Waals surface area contributed by atoms with E-state index in [1.165, 1.54) is 12.0 Å². The van der Waals surface area contributed by atoms with Gasteiger partial charge >= 0.3 is 0 Å². The highest BCUT2D eigenvalue weighted by Crippen LogP contribution is 2.59. The monoisotopic (exact) mass is 416 g/mol. The molecule has 0 spiro atoms. The standard InChI is InChI=1S/C23H29FN2O2S/c1-17(2)18-4-10-22(11-5-18)29(27,28)25-21-8-6-19(7-9-21)23-14-20(23)15-26(16-23)13-3-12-24/h4-11,17,20,25H,3,12-16H2,1-2H3. The predicted octanol–water partition coefficient (Wildman–Crippen LogP) is 4.54. The van der Waals surface area contributed by atoms with E-state index in [4.69, 9.17) is 0 Å². The SMILES string of the molecule is CC(C)c1ccc(S(=O)(=O)Nc2ccc(C34CC3CN(CCCF)C4)cc2)cc1. The predicted molar refractivity (Wildman–Crippen MR) is 115 cm³/mol. The fourth-order valence-electron chi connectivity index (χ4n) is 4.60. The highest BCUT2D eigenvalue weighted by Gasteiger charge is 2.60. The van der Waals surface area contributed by atoms with Gasteiger partial charge < -0.3 is 4.90 Å². The molecule has 2 aliphatic rings. The third kappa shape index (κ3) is 4.05. The number of likely N-dealkylation sites (tertiary alicyclic amines) is 1. The lowest BCUT2D eigenvalue weighted by Gasteiger charge is -2.20. The first kappa shape index (κ1) is 20.4. The number of nitrogens with one attached hydrogen (secondary N) is 1. The summed E-state index contributed by atoms with van der Waals surface area (Å²) in [5.41, 5.74) is 3.13. The van der Waals surface area contributed by atoms with Crippen LogP contribution < -0.4 is 4.72 Å². The van der Waals surface area contributed by atoms with E-state index in [1.54, 1.807) is 12.1 Å². The van der Waals surface area contributed by atoms with Gasteiger partial charge in [-0.2, -0.15) is 0 Å². The summed E-state index contributed by atoms with van der Waals surface area (Å²) in [5, 5.41) is 0. The second-order valence-corrected chi connectivity index (χ2v) is 10.4. The average Bonchev–Trinajstić information content (AvgIpc) is 3.28. The summed E-state index contributed by atoms with van der Waals surface area (Å²) in [6.07, 6.45) is 1.77. The Hall–Kier alpha value is -1.92. The summed E-state index contributed by atoms with van der Waals surface area (Å²) in [6.45, 7) is 6.74. The van der Waals surface area contributed by atoms with Crippen LogP contribution in [0.1, 0.15) is 43.7 Å². The summed E-state index contributed by atoms with van der Waals surface area (Å²) in [7, 11) is -3.61. The Labute approximate surface area is 173 Å². The van der Waals surface area contributed by atoms with Gasteiger partial charge in [0.15, 0.2) is 0 Å². The molecule has 6 heteroatoms. The van der Waals surface area contributed by atoms with Crippen LogP contribution in [-0.2, 0) is 15.4 Å². The zero-order valence-corrected chi connectivity index (χ0v) is 17.9. The van der Waals surface area contributed by atoms with E-state index in [-0.39, 0.29) is 17.0 Å². The number of hydrogen-bond donors (Lipinski definition) is 1. The second-order valence-electron chi connectivity index (χ2n) is 8.74. The molecule has 1 aliphatic carbocycles. The normalized spacial score (nSPS) is 23.9. The van der Waals surface area contributed by atoms with Gasteiger partial charge in [0.25, 0.3) is 10.0 Å². The summed E-state index contributed by atoms with van der Waals surface area (Å²) < 4.78 is 40.5. The molecule has 1 heterocycles. The number of alkyl halides is 1. The van der Waals surface area contributed by atoms with Gasteiger partial charge in [0.2, 0.25) is 0 Å². The van der Waals surface area contributed by atoms with Crippen LogP contribution in [0.2, 0.25) is 0 Å². The Balaban J connectivity index is 1.43. The molecule has 2 atom stereocenters. The van der Waals surface area contributed by atoms with Crippen LogP contribution in [0.25, 0.3) is 0 Å². The first-order valence-electron chi connectivity index (χ1n) is 10.4. The lowest BCUT2D eigenvalue weighted by molar-refractivity contribution is 0.280. The van der Waals surface area contributed by atoms with Crippen molar-refractivity contribution >= 4 is 15.7 Å². The van der Waals surface area contributed by atoms with Crippen molar-refractivity contribution in [2.75, 3.05) is 31.0 Å². The smallest absolute Gasteiger partial charge is 0.261 e. The van der Waals surface area contributed by atoms with E-state index in [0.29, 0.717) is 23.9 Å². The van der Waals surface area contributed by atoms with Crippen molar-refractivity contribution < 1.29 is 12.8 Å². The molecule has 1 aliphatic heterocycles. The maximum absolute atomic E-state index is 12.7. The summed E-state index contributed by atoms with van der Waals surface area (Å²) in [5.74, 6) is 1.01.